The molecule has 0 radical (unpaired) electrons. The molecule has 2 rings (SSSR count). The van der Waals surface area contributed by atoms with Crippen molar-refractivity contribution in [1.82, 2.24) is 0 Å². The van der Waals surface area contributed by atoms with E-state index in [1.807, 2.05) is 42.5 Å². The summed E-state index contributed by atoms with van der Waals surface area (Å²) >= 11 is 0. The van der Waals surface area contributed by atoms with Crippen LogP contribution in [0.25, 0.3) is 11.1 Å². The van der Waals surface area contributed by atoms with Gasteiger partial charge in [0.05, 0.1) is 6.61 Å². The van der Waals surface area contributed by atoms with Gasteiger partial charge in [-0.3, -0.25) is 9.59 Å². The average molecular weight is 311 g/mol. The summed E-state index contributed by atoms with van der Waals surface area (Å²) in [4.78, 5) is 23.0. The number of hydrogen-bond donors (Lipinski definition) is 1. The first-order chi connectivity index (χ1) is 11.0. The molecule has 0 spiro atoms. The second-order valence-corrected chi connectivity index (χ2v) is 5.40. The van der Waals surface area contributed by atoms with E-state index in [0.717, 1.165) is 16.7 Å². The van der Waals surface area contributed by atoms with Crippen molar-refractivity contribution in [3.05, 3.63) is 59.7 Å². The predicted octanol–water partition coefficient (Wildman–Crippen LogP) is 2.99. The van der Waals surface area contributed by atoms with Crippen LogP contribution in [0.5, 0.6) is 0 Å². The number of ketones is 1. The summed E-state index contributed by atoms with van der Waals surface area (Å²) in [6, 6.07) is 14.7. The fraction of sp³-hybridized carbons (Fsp3) is 0.263. The molecule has 0 fully saturated rings. The van der Waals surface area contributed by atoms with E-state index in [9.17, 15) is 9.59 Å². The average Bonchev–Trinajstić information content (AvgIpc) is 2.56. The van der Waals surface area contributed by atoms with Gasteiger partial charge in [0.25, 0.3) is 0 Å². The van der Waals surface area contributed by atoms with Crippen molar-refractivity contribution in [3.63, 3.8) is 0 Å². The maximum absolute atomic E-state index is 11.6. The van der Waals surface area contributed by atoms with Crippen LogP contribution in [-0.4, -0.2) is 24.4 Å². The maximum atomic E-state index is 11.6. The molecule has 0 saturated carbocycles. The van der Waals surface area contributed by atoms with E-state index >= 15 is 0 Å². The van der Waals surface area contributed by atoms with E-state index in [2.05, 4.69) is 0 Å². The van der Waals surface area contributed by atoms with Crippen molar-refractivity contribution < 1.29 is 14.3 Å². The lowest BCUT2D eigenvalue weighted by molar-refractivity contribution is -0.144. The Morgan fingerprint density at radius 2 is 1.78 bits per heavy atom. The molecule has 0 heterocycles. The summed E-state index contributed by atoms with van der Waals surface area (Å²) in [7, 11) is 0. The molecule has 0 amide bonds. The molecule has 0 aliphatic rings. The summed E-state index contributed by atoms with van der Waals surface area (Å²) in [5, 5.41) is 0. The third kappa shape index (κ3) is 4.50. The summed E-state index contributed by atoms with van der Waals surface area (Å²) in [5.74, 6) is -0.338. The molecule has 0 aliphatic carbocycles. The lowest BCUT2D eigenvalue weighted by atomic mass is 9.99. The van der Waals surface area contributed by atoms with Crippen molar-refractivity contribution in [2.45, 2.75) is 26.3 Å². The van der Waals surface area contributed by atoms with E-state index in [0.29, 0.717) is 18.6 Å². The van der Waals surface area contributed by atoms with Crippen LogP contribution in [0.3, 0.4) is 0 Å². The molecule has 0 aliphatic heterocycles. The number of ether oxygens (including phenoxy) is 1. The molecule has 23 heavy (non-hydrogen) atoms. The van der Waals surface area contributed by atoms with Crippen LogP contribution in [0.2, 0.25) is 0 Å². The number of carbonyl (C=O) groups is 2. The molecule has 1 atom stereocenters. The number of hydrogen-bond acceptors (Lipinski definition) is 4. The molecule has 4 heteroatoms. The molecule has 2 aromatic carbocycles. The van der Waals surface area contributed by atoms with Gasteiger partial charge in [0.15, 0.2) is 5.78 Å². The van der Waals surface area contributed by atoms with Crippen molar-refractivity contribution in [2.24, 2.45) is 5.73 Å². The van der Waals surface area contributed by atoms with Gasteiger partial charge in [-0.1, -0.05) is 42.5 Å². The van der Waals surface area contributed by atoms with Gasteiger partial charge >= 0.3 is 5.97 Å². The highest BCUT2D eigenvalue weighted by Gasteiger charge is 2.15. The van der Waals surface area contributed by atoms with E-state index in [4.69, 9.17) is 10.5 Å². The van der Waals surface area contributed by atoms with Crippen LogP contribution in [0, 0.1) is 0 Å². The molecule has 0 saturated heterocycles. The van der Waals surface area contributed by atoms with Crippen molar-refractivity contribution in [2.75, 3.05) is 6.61 Å². The zero-order valence-electron chi connectivity index (χ0n) is 13.4. The van der Waals surface area contributed by atoms with E-state index in [1.54, 1.807) is 19.9 Å². The Bertz CT molecular complexity index is 692. The second kappa shape index (κ2) is 7.70. The molecule has 2 N–H and O–H groups in total. The third-order valence-corrected chi connectivity index (χ3v) is 3.60. The number of carbonyl (C=O) groups excluding carboxylic acids is 2. The van der Waals surface area contributed by atoms with Crippen LogP contribution in [-0.2, 0) is 16.0 Å². The first-order valence-electron chi connectivity index (χ1n) is 7.63. The Balaban J connectivity index is 2.12. The van der Waals surface area contributed by atoms with Crippen LogP contribution >= 0.6 is 0 Å². The predicted molar refractivity (Wildman–Crippen MR) is 90.2 cm³/mol. The fourth-order valence-corrected chi connectivity index (χ4v) is 2.34. The molecule has 4 nitrogen and oxygen atoms in total. The van der Waals surface area contributed by atoms with E-state index in [1.165, 1.54) is 0 Å². The Morgan fingerprint density at radius 3 is 2.39 bits per heavy atom. The quantitative estimate of drug-likeness (QED) is 0.658. The van der Waals surface area contributed by atoms with Gasteiger partial charge in [0, 0.05) is 5.56 Å². The molecular weight excluding hydrogens is 290 g/mol. The van der Waals surface area contributed by atoms with Gasteiger partial charge in [0.1, 0.15) is 6.04 Å². The number of rotatable bonds is 6. The SMILES string of the molecule is CCOC(=O)C(N)Cc1ccc(-c2cccc(C(C)=O)c2)cc1. The van der Waals surface area contributed by atoms with Crippen LogP contribution in [0.15, 0.2) is 48.5 Å². The van der Waals surface area contributed by atoms with Crippen molar-refractivity contribution in [1.29, 1.82) is 0 Å². The molecule has 0 bridgehead atoms. The minimum atomic E-state index is -0.651. The number of nitrogens with two attached hydrogens (primary N) is 1. The molecule has 120 valence electrons. The van der Waals surface area contributed by atoms with E-state index < -0.39 is 6.04 Å². The monoisotopic (exact) mass is 311 g/mol. The van der Waals surface area contributed by atoms with Crippen LogP contribution < -0.4 is 5.73 Å². The Morgan fingerprint density at radius 1 is 1.09 bits per heavy atom. The fourth-order valence-electron chi connectivity index (χ4n) is 2.34. The van der Waals surface area contributed by atoms with Gasteiger partial charge in [-0.15, -0.1) is 0 Å². The minimum Gasteiger partial charge on any atom is -0.465 e. The van der Waals surface area contributed by atoms with Gasteiger partial charge in [-0.05, 0) is 43.0 Å². The second-order valence-electron chi connectivity index (χ2n) is 5.40. The first-order valence-corrected chi connectivity index (χ1v) is 7.63. The summed E-state index contributed by atoms with van der Waals surface area (Å²) < 4.78 is 4.91. The Labute approximate surface area is 136 Å². The normalized spacial score (nSPS) is 11.8. The van der Waals surface area contributed by atoms with Gasteiger partial charge in [-0.25, -0.2) is 0 Å². The summed E-state index contributed by atoms with van der Waals surface area (Å²) in [5.41, 5.74) is 9.49. The Hall–Kier alpha value is -2.46. The highest BCUT2D eigenvalue weighted by molar-refractivity contribution is 5.95. The largest absolute Gasteiger partial charge is 0.465 e. The standard InChI is InChI=1S/C19H21NO3/c1-3-23-19(22)18(20)11-14-7-9-15(10-8-14)17-6-4-5-16(12-17)13(2)21/h4-10,12,18H,3,11,20H2,1-2H3. The van der Waals surface area contributed by atoms with Crippen molar-refractivity contribution >= 4 is 11.8 Å². The Kier molecular flexibility index (Phi) is 5.66. The smallest absolute Gasteiger partial charge is 0.323 e. The zero-order valence-corrected chi connectivity index (χ0v) is 13.4. The lowest BCUT2D eigenvalue weighted by Gasteiger charge is -2.11. The number of Topliss-reactive ketones (excluding diaryl/α,β-unsaturated/α-hetero) is 1. The third-order valence-electron chi connectivity index (χ3n) is 3.60. The number of esters is 1. The van der Waals surface area contributed by atoms with E-state index in [-0.39, 0.29) is 11.8 Å². The van der Waals surface area contributed by atoms with Gasteiger partial charge in [-0.2, -0.15) is 0 Å². The minimum absolute atomic E-state index is 0.0453. The summed E-state index contributed by atoms with van der Waals surface area (Å²) in [6.07, 6.45) is 0.437. The van der Waals surface area contributed by atoms with Crippen molar-refractivity contribution in [3.8, 4) is 11.1 Å². The molecule has 0 aromatic heterocycles. The maximum Gasteiger partial charge on any atom is 0.323 e. The molecule has 1 unspecified atom stereocenters. The van der Waals surface area contributed by atoms with Gasteiger partial charge < -0.3 is 10.5 Å². The van der Waals surface area contributed by atoms with Gasteiger partial charge in [0.2, 0.25) is 0 Å². The summed E-state index contributed by atoms with van der Waals surface area (Å²) in [6.45, 7) is 3.64. The highest BCUT2D eigenvalue weighted by Crippen LogP contribution is 2.21. The first kappa shape index (κ1) is 16.9. The highest BCUT2D eigenvalue weighted by atomic mass is 16.5. The number of benzene rings is 2. The topological polar surface area (TPSA) is 69.4 Å². The van der Waals surface area contributed by atoms with Crippen LogP contribution in [0.4, 0.5) is 0 Å². The molecule has 2 aromatic rings. The molecular formula is C19H21NO3. The lowest BCUT2D eigenvalue weighted by Crippen LogP contribution is -2.34. The zero-order chi connectivity index (χ0) is 16.8. The van der Waals surface area contributed by atoms with Crippen LogP contribution in [0.1, 0.15) is 29.8 Å².